The van der Waals surface area contributed by atoms with Gasteiger partial charge in [-0.3, -0.25) is 0 Å². The van der Waals surface area contributed by atoms with Gasteiger partial charge in [-0.05, 0) is 30.3 Å². The van der Waals surface area contributed by atoms with Gasteiger partial charge in [-0.1, -0.05) is 13.8 Å². The summed E-state index contributed by atoms with van der Waals surface area (Å²) in [5.41, 5.74) is 0. The van der Waals surface area contributed by atoms with Gasteiger partial charge in [-0.25, -0.2) is 0 Å². The molecule has 0 spiro atoms. The van der Waals surface area contributed by atoms with Gasteiger partial charge in [0.1, 0.15) is 0 Å². The van der Waals surface area contributed by atoms with E-state index in [1.807, 2.05) is 0 Å². The number of hydrogen-bond donors (Lipinski definition) is 0. The van der Waals surface area contributed by atoms with Crippen LogP contribution in [0.4, 0.5) is 0 Å². The molecule has 2 atom stereocenters. The van der Waals surface area contributed by atoms with Crippen LogP contribution < -0.4 is 0 Å². The van der Waals surface area contributed by atoms with E-state index in [0.717, 1.165) is 18.3 Å². The van der Waals surface area contributed by atoms with Gasteiger partial charge in [0.25, 0.3) is 0 Å². The lowest BCUT2D eigenvalue weighted by Crippen LogP contribution is -2.01. The molecule has 0 amide bonds. The third-order valence-corrected chi connectivity index (χ3v) is 5.64. The Morgan fingerprint density at radius 1 is 1.36 bits per heavy atom. The molecule has 2 unspecified atom stereocenters. The average molecular weight is 169 g/mol. The highest BCUT2D eigenvalue weighted by Crippen LogP contribution is 2.48. The number of rotatable bonds is 2. The van der Waals surface area contributed by atoms with E-state index in [4.69, 9.17) is 5.26 Å². The maximum Gasteiger partial charge on any atom is 0.0625 e. The zero-order valence-corrected chi connectivity index (χ0v) is 8.27. The molecule has 11 heavy (non-hydrogen) atoms. The van der Waals surface area contributed by atoms with Crippen LogP contribution in [0.25, 0.3) is 0 Å². The SMILES string of the molecule is CC1CP(CCC#N)CC1C. The Kier molecular flexibility index (Phi) is 3.34. The molecule has 0 bridgehead atoms. The zero-order chi connectivity index (χ0) is 8.27. The first-order chi connectivity index (χ1) is 5.24. The molecule has 0 saturated carbocycles. The van der Waals surface area contributed by atoms with Crippen molar-refractivity contribution in [3.05, 3.63) is 0 Å². The Hall–Kier alpha value is -0.0800. The van der Waals surface area contributed by atoms with Crippen LogP contribution in [0, 0.1) is 23.2 Å². The van der Waals surface area contributed by atoms with E-state index < -0.39 is 0 Å². The topological polar surface area (TPSA) is 23.8 Å². The van der Waals surface area contributed by atoms with E-state index in [0.29, 0.717) is 0 Å². The van der Waals surface area contributed by atoms with Gasteiger partial charge >= 0.3 is 0 Å². The minimum absolute atomic E-state index is 0.248. The van der Waals surface area contributed by atoms with Crippen LogP contribution in [-0.2, 0) is 0 Å². The first-order valence-electron chi connectivity index (χ1n) is 4.33. The van der Waals surface area contributed by atoms with Crippen molar-refractivity contribution in [2.45, 2.75) is 20.3 Å². The second kappa shape index (κ2) is 4.07. The Morgan fingerprint density at radius 2 is 1.91 bits per heavy atom. The smallest absolute Gasteiger partial charge is 0.0625 e. The predicted octanol–water partition coefficient (Wildman–Crippen LogP) is 2.67. The predicted molar refractivity (Wildman–Crippen MR) is 50.1 cm³/mol. The Morgan fingerprint density at radius 3 is 2.36 bits per heavy atom. The van der Waals surface area contributed by atoms with Crippen molar-refractivity contribution in [3.63, 3.8) is 0 Å². The maximum atomic E-state index is 8.42. The molecule has 1 fully saturated rings. The molecule has 1 aliphatic rings. The summed E-state index contributed by atoms with van der Waals surface area (Å²) in [5.74, 6) is 1.83. The van der Waals surface area contributed by atoms with Crippen molar-refractivity contribution in [2.75, 3.05) is 18.5 Å². The van der Waals surface area contributed by atoms with Crippen molar-refractivity contribution in [1.82, 2.24) is 0 Å². The minimum Gasteiger partial charge on any atom is -0.198 e. The molecule has 2 heteroatoms. The van der Waals surface area contributed by atoms with Crippen LogP contribution in [0.5, 0.6) is 0 Å². The highest BCUT2D eigenvalue weighted by molar-refractivity contribution is 7.58. The summed E-state index contributed by atoms with van der Waals surface area (Å²) < 4.78 is 0. The lowest BCUT2D eigenvalue weighted by Gasteiger charge is -2.05. The molecule has 0 radical (unpaired) electrons. The lowest BCUT2D eigenvalue weighted by molar-refractivity contribution is 0.494. The fourth-order valence-corrected chi connectivity index (χ4v) is 4.92. The summed E-state index contributed by atoms with van der Waals surface area (Å²) in [6.45, 7) is 4.69. The molecule has 0 N–H and O–H groups in total. The molecule has 1 rings (SSSR count). The van der Waals surface area contributed by atoms with E-state index >= 15 is 0 Å². The normalized spacial score (nSPS) is 37.0. The molecule has 0 aromatic carbocycles. The van der Waals surface area contributed by atoms with Crippen LogP contribution >= 0.6 is 7.92 Å². The molecule has 1 heterocycles. The fraction of sp³-hybridized carbons (Fsp3) is 0.889. The van der Waals surface area contributed by atoms with Gasteiger partial charge in [-0.2, -0.15) is 5.26 Å². The third kappa shape index (κ3) is 2.46. The average Bonchev–Trinajstić information content (AvgIpc) is 2.28. The van der Waals surface area contributed by atoms with Crippen LogP contribution in [0.2, 0.25) is 0 Å². The second-order valence-corrected chi connectivity index (χ2v) is 6.14. The van der Waals surface area contributed by atoms with Crippen molar-refractivity contribution < 1.29 is 0 Å². The van der Waals surface area contributed by atoms with E-state index in [9.17, 15) is 0 Å². The third-order valence-electron chi connectivity index (χ3n) is 2.60. The van der Waals surface area contributed by atoms with E-state index in [1.165, 1.54) is 18.5 Å². The number of nitriles is 1. The Labute approximate surface area is 70.5 Å². The van der Waals surface area contributed by atoms with Crippen LogP contribution in [0.3, 0.4) is 0 Å². The Balaban J connectivity index is 2.25. The number of nitrogens with zero attached hydrogens (tertiary/aromatic N) is 1. The largest absolute Gasteiger partial charge is 0.198 e. The van der Waals surface area contributed by atoms with Crippen LogP contribution in [-0.4, -0.2) is 18.5 Å². The standard InChI is InChI=1S/C9H16NP/c1-8-6-11(5-3-4-10)7-9(8)2/h8-9H,3,5-7H2,1-2H3. The monoisotopic (exact) mass is 169 g/mol. The summed E-state index contributed by atoms with van der Waals surface area (Å²) in [4.78, 5) is 0. The molecular formula is C9H16NP. The highest BCUT2D eigenvalue weighted by Gasteiger charge is 2.26. The molecule has 0 aromatic heterocycles. The van der Waals surface area contributed by atoms with Crippen molar-refractivity contribution in [2.24, 2.45) is 11.8 Å². The van der Waals surface area contributed by atoms with Gasteiger partial charge in [0.05, 0.1) is 6.07 Å². The summed E-state index contributed by atoms with van der Waals surface area (Å²) in [5, 5.41) is 8.42. The quantitative estimate of drug-likeness (QED) is 0.583. The van der Waals surface area contributed by atoms with Gasteiger partial charge in [0, 0.05) is 6.42 Å². The highest BCUT2D eigenvalue weighted by atomic mass is 31.1. The van der Waals surface area contributed by atoms with E-state index in [-0.39, 0.29) is 7.92 Å². The minimum atomic E-state index is 0.248. The van der Waals surface area contributed by atoms with Gasteiger partial charge in [0.15, 0.2) is 0 Å². The number of hydrogen-bond acceptors (Lipinski definition) is 1. The van der Waals surface area contributed by atoms with Gasteiger partial charge in [-0.15, -0.1) is 7.92 Å². The molecule has 0 aromatic rings. The summed E-state index contributed by atoms with van der Waals surface area (Å²) in [6.07, 6.45) is 4.81. The van der Waals surface area contributed by atoms with Crippen LogP contribution in [0.1, 0.15) is 20.3 Å². The molecule has 0 aliphatic carbocycles. The summed E-state index contributed by atoms with van der Waals surface area (Å²) in [7, 11) is 0.248. The first-order valence-corrected chi connectivity index (χ1v) is 6.23. The summed E-state index contributed by atoms with van der Waals surface area (Å²) >= 11 is 0. The van der Waals surface area contributed by atoms with Crippen molar-refractivity contribution in [1.29, 1.82) is 5.26 Å². The summed E-state index contributed by atoms with van der Waals surface area (Å²) in [6, 6.07) is 2.24. The molecule has 1 aliphatic heterocycles. The van der Waals surface area contributed by atoms with Crippen molar-refractivity contribution in [3.8, 4) is 6.07 Å². The van der Waals surface area contributed by atoms with Gasteiger partial charge in [0.2, 0.25) is 0 Å². The van der Waals surface area contributed by atoms with E-state index in [1.54, 1.807) is 0 Å². The molecule has 62 valence electrons. The van der Waals surface area contributed by atoms with Crippen molar-refractivity contribution >= 4 is 7.92 Å². The van der Waals surface area contributed by atoms with E-state index in [2.05, 4.69) is 19.9 Å². The lowest BCUT2D eigenvalue weighted by atomic mass is 10.0. The van der Waals surface area contributed by atoms with Gasteiger partial charge < -0.3 is 0 Å². The molecule has 1 saturated heterocycles. The Bertz CT molecular complexity index is 151. The first kappa shape index (κ1) is 9.01. The maximum absolute atomic E-state index is 8.42. The fourth-order valence-electron chi connectivity index (χ4n) is 1.64. The van der Waals surface area contributed by atoms with Crippen LogP contribution in [0.15, 0.2) is 0 Å². The molecular weight excluding hydrogens is 153 g/mol. The zero-order valence-electron chi connectivity index (χ0n) is 7.38. The second-order valence-electron chi connectivity index (χ2n) is 3.62. The molecule has 1 nitrogen and oxygen atoms in total.